The second kappa shape index (κ2) is 6.56. The first-order valence-corrected chi connectivity index (χ1v) is 6.70. The topological polar surface area (TPSA) is 79.7 Å². The van der Waals surface area contributed by atoms with Crippen LogP contribution in [0.4, 0.5) is 4.79 Å². The van der Waals surface area contributed by atoms with Gasteiger partial charge in [0, 0.05) is 25.4 Å². The highest BCUT2D eigenvalue weighted by Gasteiger charge is 2.30. The lowest BCUT2D eigenvalue weighted by atomic mass is 10.1. The van der Waals surface area contributed by atoms with Crippen molar-refractivity contribution in [2.75, 3.05) is 7.05 Å². The van der Waals surface area contributed by atoms with Crippen molar-refractivity contribution in [3.8, 4) is 0 Å². The van der Waals surface area contributed by atoms with E-state index in [9.17, 15) is 14.7 Å². The van der Waals surface area contributed by atoms with Crippen molar-refractivity contribution in [3.05, 3.63) is 29.6 Å². The summed E-state index contributed by atoms with van der Waals surface area (Å²) in [5.74, 6) is -1.08. The number of aryl methyl sites for hydroxylation is 1. The Labute approximate surface area is 124 Å². The largest absolute Gasteiger partial charge is 0.480 e. The molecule has 1 amide bonds. The summed E-state index contributed by atoms with van der Waals surface area (Å²) in [6.45, 7) is 7.06. The Kier molecular flexibility index (Phi) is 5.29. The Morgan fingerprint density at radius 2 is 2.00 bits per heavy atom. The van der Waals surface area contributed by atoms with Gasteiger partial charge in [-0.25, -0.2) is 9.59 Å². The summed E-state index contributed by atoms with van der Waals surface area (Å²) >= 11 is 0. The molecule has 6 nitrogen and oxygen atoms in total. The minimum Gasteiger partial charge on any atom is -0.480 e. The SMILES string of the molecule is Cc1ccc(CC(C(=O)O)N(C)C(=O)OC(C)(C)C)cn1. The Bertz CT molecular complexity index is 505. The zero-order valence-electron chi connectivity index (χ0n) is 13.1. The lowest BCUT2D eigenvalue weighted by Crippen LogP contribution is -2.46. The summed E-state index contributed by atoms with van der Waals surface area (Å²) in [6, 6.07) is 2.62. The average Bonchev–Trinajstić information content (AvgIpc) is 2.34. The number of aliphatic carboxylic acids is 1. The Morgan fingerprint density at radius 1 is 1.38 bits per heavy atom. The van der Waals surface area contributed by atoms with Crippen LogP contribution in [-0.4, -0.2) is 45.7 Å². The van der Waals surface area contributed by atoms with E-state index in [2.05, 4.69) is 4.98 Å². The first kappa shape index (κ1) is 16.9. The number of carboxylic acid groups (broad SMARTS) is 1. The van der Waals surface area contributed by atoms with Gasteiger partial charge in [0.25, 0.3) is 0 Å². The lowest BCUT2D eigenvalue weighted by molar-refractivity contribution is -0.142. The third-order valence-electron chi connectivity index (χ3n) is 2.84. The molecule has 1 N–H and O–H groups in total. The quantitative estimate of drug-likeness (QED) is 0.921. The normalized spacial score (nSPS) is 12.6. The highest BCUT2D eigenvalue weighted by Crippen LogP contribution is 2.13. The van der Waals surface area contributed by atoms with Crippen molar-refractivity contribution in [3.63, 3.8) is 0 Å². The van der Waals surface area contributed by atoms with Gasteiger partial charge >= 0.3 is 12.1 Å². The average molecular weight is 294 g/mol. The van der Waals surface area contributed by atoms with Crippen LogP contribution < -0.4 is 0 Å². The molecule has 0 aliphatic rings. The summed E-state index contributed by atoms with van der Waals surface area (Å²) in [4.78, 5) is 28.6. The molecule has 0 aromatic carbocycles. The number of hydrogen-bond donors (Lipinski definition) is 1. The maximum atomic E-state index is 12.0. The Morgan fingerprint density at radius 3 is 2.43 bits per heavy atom. The highest BCUT2D eigenvalue weighted by atomic mass is 16.6. The third-order valence-corrected chi connectivity index (χ3v) is 2.84. The molecule has 1 aromatic heterocycles. The van der Waals surface area contributed by atoms with E-state index in [4.69, 9.17) is 4.74 Å². The minimum absolute atomic E-state index is 0.179. The summed E-state index contributed by atoms with van der Waals surface area (Å²) in [5.41, 5.74) is 0.939. The van der Waals surface area contributed by atoms with Gasteiger partial charge in [0.15, 0.2) is 0 Å². The van der Waals surface area contributed by atoms with Crippen molar-refractivity contribution in [2.45, 2.75) is 45.8 Å². The van der Waals surface area contributed by atoms with Crippen LogP contribution in [0.5, 0.6) is 0 Å². The van der Waals surface area contributed by atoms with E-state index in [1.807, 2.05) is 13.0 Å². The second-order valence-electron chi connectivity index (χ2n) is 5.96. The van der Waals surface area contributed by atoms with Crippen molar-refractivity contribution in [2.24, 2.45) is 0 Å². The molecule has 1 rings (SSSR count). The van der Waals surface area contributed by atoms with Gasteiger partial charge in [0.05, 0.1) is 0 Å². The third kappa shape index (κ3) is 5.41. The zero-order chi connectivity index (χ0) is 16.2. The molecule has 6 heteroatoms. The monoisotopic (exact) mass is 294 g/mol. The summed E-state index contributed by atoms with van der Waals surface area (Å²) in [5, 5.41) is 9.34. The summed E-state index contributed by atoms with van der Waals surface area (Å²) < 4.78 is 5.20. The van der Waals surface area contributed by atoms with Crippen LogP contribution in [0, 0.1) is 6.92 Å². The van der Waals surface area contributed by atoms with Crippen LogP contribution in [0.15, 0.2) is 18.3 Å². The van der Waals surface area contributed by atoms with Crippen LogP contribution >= 0.6 is 0 Å². The van der Waals surface area contributed by atoms with E-state index in [-0.39, 0.29) is 6.42 Å². The van der Waals surface area contributed by atoms with E-state index >= 15 is 0 Å². The number of nitrogens with zero attached hydrogens (tertiary/aromatic N) is 2. The molecule has 21 heavy (non-hydrogen) atoms. The molecule has 116 valence electrons. The lowest BCUT2D eigenvalue weighted by Gasteiger charge is -2.28. The molecule has 0 spiro atoms. The Hall–Kier alpha value is -2.11. The predicted molar refractivity (Wildman–Crippen MR) is 78.1 cm³/mol. The molecule has 0 aliphatic carbocycles. The molecule has 0 saturated heterocycles. The van der Waals surface area contributed by atoms with Gasteiger partial charge in [0.2, 0.25) is 0 Å². The molecule has 0 aliphatic heterocycles. The fraction of sp³-hybridized carbons (Fsp3) is 0.533. The number of carbonyl (C=O) groups excluding carboxylic acids is 1. The molecule has 1 atom stereocenters. The van der Waals surface area contributed by atoms with Gasteiger partial charge in [-0.15, -0.1) is 0 Å². The molecule has 0 bridgehead atoms. The van der Waals surface area contributed by atoms with Crippen molar-refractivity contribution < 1.29 is 19.4 Å². The van der Waals surface area contributed by atoms with E-state index < -0.39 is 23.7 Å². The van der Waals surface area contributed by atoms with Gasteiger partial charge in [-0.3, -0.25) is 9.88 Å². The van der Waals surface area contributed by atoms with Gasteiger partial charge in [0.1, 0.15) is 11.6 Å². The van der Waals surface area contributed by atoms with Crippen LogP contribution in [0.3, 0.4) is 0 Å². The van der Waals surface area contributed by atoms with E-state index in [1.165, 1.54) is 7.05 Å². The number of ether oxygens (including phenoxy) is 1. The predicted octanol–water partition coefficient (Wildman–Crippen LogP) is 2.25. The standard InChI is InChI=1S/C15H22N2O4/c1-10-6-7-11(9-16-10)8-12(13(18)19)17(5)14(20)21-15(2,3)4/h6-7,9,12H,8H2,1-5H3,(H,18,19). The molecular formula is C15H22N2O4. The number of pyridine rings is 1. The fourth-order valence-electron chi connectivity index (χ4n) is 1.69. The van der Waals surface area contributed by atoms with Crippen molar-refractivity contribution in [1.82, 2.24) is 9.88 Å². The first-order chi connectivity index (χ1) is 9.60. The van der Waals surface area contributed by atoms with Crippen LogP contribution in [0.2, 0.25) is 0 Å². The fourth-order valence-corrected chi connectivity index (χ4v) is 1.69. The van der Waals surface area contributed by atoms with E-state index in [1.54, 1.807) is 33.0 Å². The van der Waals surface area contributed by atoms with Crippen molar-refractivity contribution >= 4 is 12.1 Å². The number of carboxylic acids is 1. The molecule has 1 aromatic rings. The van der Waals surface area contributed by atoms with Gasteiger partial charge in [-0.2, -0.15) is 0 Å². The number of aromatic nitrogens is 1. The van der Waals surface area contributed by atoms with Gasteiger partial charge in [-0.05, 0) is 39.3 Å². The molecule has 0 saturated carbocycles. The number of likely N-dealkylation sites (N-methyl/N-ethyl adjacent to an activating group) is 1. The first-order valence-electron chi connectivity index (χ1n) is 6.70. The van der Waals surface area contributed by atoms with Gasteiger partial charge in [-0.1, -0.05) is 6.07 Å². The molecular weight excluding hydrogens is 272 g/mol. The van der Waals surface area contributed by atoms with Crippen molar-refractivity contribution in [1.29, 1.82) is 0 Å². The maximum absolute atomic E-state index is 12.0. The molecule has 0 fully saturated rings. The van der Waals surface area contributed by atoms with Crippen LogP contribution in [0.25, 0.3) is 0 Å². The van der Waals surface area contributed by atoms with Crippen LogP contribution in [0.1, 0.15) is 32.0 Å². The Balaban J connectivity index is 2.83. The van der Waals surface area contributed by atoms with E-state index in [0.29, 0.717) is 0 Å². The maximum Gasteiger partial charge on any atom is 0.410 e. The zero-order valence-corrected chi connectivity index (χ0v) is 13.1. The molecule has 1 heterocycles. The van der Waals surface area contributed by atoms with E-state index in [0.717, 1.165) is 16.2 Å². The summed E-state index contributed by atoms with van der Waals surface area (Å²) in [7, 11) is 1.43. The number of carbonyl (C=O) groups is 2. The number of amides is 1. The van der Waals surface area contributed by atoms with Crippen LogP contribution in [-0.2, 0) is 16.0 Å². The second-order valence-corrected chi connectivity index (χ2v) is 5.96. The molecule has 1 unspecified atom stereocenters. The summed E-state index contributed by atoms with van der Waals surface area (Å²) in [6.07, 6.45) is 1.14. The minimum atomic E-state index is -1.08. The van der Waals surface area contributed by atoms with Gasteiger partial charge < -0.3 is 9.84 Å². The number of rotatable bonds is 4. The molecule has 0 radical (unpaired) electrons. The smallest absolute Gasteiger partial charge is 0.410 e. The number of hydrogen-bond acceptors (Lipinski definition) is 4. The highest BCUT2D eigenvalue weighted by molar-refractivity contribution is 5.80.